The fourth-order valence-corrected chi connectivity index (χ4v) is 4.24. The van der Waals surface area contributed by atoms with Gasteiger partial charge in [0.05, 0.1) is 12.1 Å². The minimum Gasteiger partial charge on any atom is -0.321 e. The maximum Gasteiger partial charge on any atom is 0.416 e. The van der Waals surface area contributed by atoms with E-state index in [1.807, 2.05) is 17.7 Å². The van der Waals surface area contributed by atoms with Crippen LogP contribution in [0.4, 0.5) is 19.0 Å². The van der Waals surface area contributed by atoms with Crippen LogP contribution in [0.1, 0.15) is 70.2 Å². The number of anilines is 1. The van der Waals surface area contributed by atoms with Crippen LogP contribution in [0.15, 0.2) is 36.7 Å². The van der Waals surface area contributed by atoms with E-state index in [9.17, 15) is 18.0 Å². The number of carbonyl (C=O) groups is 1. The van der Waals surface area contributed by atoms with Crippen LogP contribution in [-0.4, -0.2) is 25.7 Å². The van der Waals surface area contributed by atoms with Gasteiger partial charge in [-0.05, 0) is 54.2 Å². The van der Waals surface area contributed by atoms with Crippen molar-refractivity contribution in [2.75, 3.05) is 4.90 Å². The Kier molecular flexibility index (Phi) is 4.79. The van der Waals surface area contributed by atoms with Crippen LogP contribution < -0.4 is 4.90 Å². The van der Waals surface area contributed by atoms with Crippen molar-refractivity contribution in [3.63, 3.8) is 0 Å². The monoisotopic (exact) mass is 441 g/mol. The summed E-state index contributed by atoms with van der Waals surface area (Å²) in [4.78, 5) is 19.1. The van der Waals surface area contributed by atoms with Gasteiger partial charge in [-0.2, -0.15) is 13.2 Å². The summed E-state index contributed by atoms with van der Waals surface area (Å²) >= 11 is 0. The first kappa shape index (κ1) is 20.7. The summed E-state index contributed by atoms with van der Waals surface area (Å²) in [6, 6.07) is 7.64. The number of hydrogen-bond donors (Lipinski definition) is 0. The van der Waals surface area contributed by atoms with Gasteiger partial charge in [0.1, 0.15) is 18.0 Å². The van der Waals surface area contributed by atoms with E-state index in [2.05, 4.69) is 23.2 Å². The molecule has 2 aromatic heterocycles. The van der Waals surface area contributed by atoms with Crippen LogP contribution in [0.2, 0.25) is 0 Å². The third kappa shape index (κ3) is 3.65. The number of pyridine rings is 1. The number of carbonyl (C=O) groups excluding carboxylic acids is 1. The lowest BCUT2D eigenvalue weighted by molar-refractivity contribution is -0.138. The van der Waals surface area contributed by atoms with Gasteiger partial charge in [0, 0.05) is 30.6 Å². The molecule has 0 radical (unpaired) electrons. The average Bonchev–Trinajstić information content (AvgIpc) is 3.45. The third-order valence-electron chi connectivity index (χ3n) is 6.26. The van der Waals surface area contributed by atoms with Crippen LogP contribution in [0.25, 0.3) is 0 Å². The molecule has 0 spiro atoms. The summed E-state index contributed by atoms with van der Waals surface area (Å²) in [6.45, 7) is 1.93. The van der Waals surface area contributed by atoms with E-state index >= 15 is 0 Å². The highest BCUT2D eigenvalue weighted by Crippen LogP contribution is 2.42. The first-order valence-electron chi connectivity index (χ1n) is 10.6. The van der Waals surface area contributed by atoms with Crippen LogP contribution in [0.3, 0.4) is 0 Å². The van der Waals surface area contributed by atoms with E-state index in [0.29, 0.717) is 18.2 Å². The third-order valence-corrected chi connectivity index (χ3v) is 6.26. The van der Waals surface area contributed by atoms with Crippen molar-refractivity contribution in [2.45, 2.75) is 50.7 Å². The molecule has 3 aromatic rings. The molecule has 1 atom stereocenters. The van der Waals surface area contributed by atoms with E-state index in [1.54, 1.807) is 6.33 Å². The highest BCUT2D eigenvalue weighted by atomic mass is 19.4. The summed E-state index contributed by atoms with van der Waals surface area (Å²) in [7, 11) is 1.88. The van der Waals surface area contributed by atoms with Crippen molar-refractivity contribution < 1.29 is 18.0 Å². The van der Waals surface area contributed by atoms with E-state index in [4.69, 9.17) is 4.98 Å². The molecule has 9 heteroatoms. The number of amides is 1. The van der Waals surface area contributed by atoms with E-state index < -0.39 is 17.6 Å². The second-order valence-corrected chi connectivity index (χ2v) is 8.64. The summed E-state index contributed by atoms with van der Waals surface area (Å²) in [5, 5.41) is 8.07. The van der Waals surface area contributed by atoms with Gasteiger partial charge < -0.3 is 4.57 Å². The second-order valence-electron chi connectivity index (χ2n) is 8.64. The molecule has 2 aliphatic rings. The number of rotatable bonds is 5. The number of nitrogens with zero attached hydrogens (tertiary/aromatic N) is 5. The molecule has 0 saturated heterocycles. The van der Waals surface area contributed by atoms with Crippen LogP contribution >= 0.6 is 0 Å². The van der Waals surface area contributed by atoms with Gasteiger partial charge in [0.15, 0.2) is 0 Å². The predicted molar refractivity (Wildman–Crippen MR) is 111 cm³/mol. The standard InChI is InChI=1S/C23H22F3N5O/c1-13(8-21-29-27-12-30(21)2)15-9-19(14-6-7-14)28-20(10-15)31-11-17-16(22(31)32)4-3-5-18(17)23(24,25)26/h3-5,9-10,12-14H,6-8,11H2,1-2H3/t13-/m1/s1. The van der Waals surface area contributed by atoms with Gasteiger partial charge in [0.25, 0.3) is 5.91 Å². The summed E-state index contributed by atoms with van der Waals surface area (Å²) in [5.74, 6) is 1.20. The normalized spacial score (nSPS) is 17.0. The molecular formula is C23H22F3N5O. The molecule has 0 N–H and O–H groups in total. The van der Waals surface area contributed by atoms with E-state index in [0.717, 1.165) is 36.0 Å². The molecule has 1 amide bonds. The molecule has 0 bridgehead atoms. The van der Waals surface area contributed by atoms with Crippen LogP contribution in [0, 0.1) is 0 Å². The minimum atomic E-state index is -4.51. The molecule has 0 unspecified atom stereocenters. The van der Waals surface area contributed by atoms with Crippen molar-refractivity contribution in [3.8, 4) is 0 Å². The number of aryl methyl sites for hydroxylation is 1. The number of alkyl halides is 3. The molecule has 3 heterocycles. The van der Waals surface area contributed by atoms with Crippen molar-refractivity contribution in [1.82, 2.24) is 19.7 Å². The first-order chi connectivity index (χ1) is 15.2. The topological polar surface area (TPSA) is 63.9 Å². The molecule has 32 heavy (non-hydrogen) atoms. The Morgan fingerprint density at radius 3 is 2.66 bits per heavy atom. The Morgan fingerprint density at radius 1 is 1.22 bits per heavy atom. The number of halogens is 3. The fourth-order valence-electron chi connectivity index (χ4n) is 4.24. The van der Waals surface area contributed by atoms with Crippen molar-refractivity contribution in [3.05, 3.63) is 70.4 Å². The minimum absolute atomic E-state index is 0.0114. The van der Waals surface area contributed by atoms with Crippen molar-refractivity contribution >= 4 is 11.7 Å². The Morgan fingerprint density at radius 2 is 2.00 bits per heavy atom. The van der Waals surface area contributed by atoms with Gasteiger partial charge in [-0.3, -0.25) is 9.69 Å². The van der Waals surface area contributed by atoms with Crippen molar-refractivity contribution in [1.29, 1.82) is 0 Å². The molecule has 1 aliphatic heterocycles. The molecule has 1 aliphatic carbocycles. The molecule has 1 fully saturated rings. The highest BCUT2D eigenvalue weighted by Gasteiger charge is 2.40. The average molecular weight is 441 g/mol. The zero-order valence-corrected chi connectivity index (χ0v) is 17.7. The maximum absolute atomic E-state index is 13.5. The zero-order chi connectivity index (χ0) is 22.6. The number of fused-ring (bicyclic) bond motifs is 1. The summed E-state index contributed by atoms with van der Waals surface area (Å²) < 4.78 is 42.4. The highest BCUT2D eigenvalue weighted by molar-refractivity contribution is 6.09. The van der Waals surface area contributed by atoms with Gasteiger partial charge in [0.2, 0.25) is 0 Å². The Balaban J connectivity index is 1.51. The van der Waals surface area contributed by atoms with Crippen molar-refractivity contribution in [2.24, 2.45) is 7.05 Å². The van der Waals surface area contributed by atoms with Gasteiger partial charge in [-0.15, -0.1) is 10.2 Å². The molecule has 5 rings (SSSR count). The van der Waals surface area contributed by atoms with E-state index in [1.165, 1.54) is 17.0 Å². The summed E-state index contributed by atoms with van der Waals surface area (Å²) in [5.41, 5.74) is 1.21. The molecule has 1 saturated carbocycles. The largest absolute Gasteiger partial charge is 0.416 e. The number of benzene rings is 1. The summed E-state index contributed by atoms with van der Waals surface area (Å²) in [6.07, 6.45) is -0.162. The SMILES string of the molecule is C[C@H](Cc1nncn1C)c1cc(C2CC2)nc(N2Cc3c(cccc3C(F)(F)F)C2=O)c1. The zero-order valence-electron chi connectivity index (χ0n) is 17.7. The van der Waals surface area contributed by atoms with Gasteiger partial charge in [-0.25, -0.2) is 4.98 Å². The lowest BCUT2D eigenvalue weighted by Crippen LogP contribution is -2.25. The first-order valence-corrected chi connectivity index (χ1v) is 10.6. The van der Waals surface area contributed by atoms with Gasteiger partial charge in [-0.1, -0.05) is 13.0 Å². The Hall–Kier alpha value is -3.23. The van der Waals surface area contributed by atoms with Crippen LogP contribution in [-0.2, 0) is 26.2 Å². The maximum atomic E-state index is 13.5. The lowest BCUT2D eigenvalue weighted by atomic mass is 9.96. The predicted octanol–water partition coefficient (Wildman–Crippen LogP) is 4.61. The second kappa shape index (κ2) is 7.43. The Labute approximate surface area is 183 Å². The number of aromatic nitrogens is 4. The molecule has 166 valence electrons. The lowest BCUT2D eigenvalue weighted by Gasteiger charge is -2.20. The quantitative estimate of drug-likeness (QED) is 0.580. The molecule has 1 aromatic carbocycles. The van der Waals surface area contributed by atoms with Crippen LogP contribution in [0.5, 0.6) is 0 Å². The smallest absolute Gasteiger partial charge is 0.321 e. The molecular weight excluding hydrogens is 419 g/mol. The number of hydrogen-bond acceptors (Lipinski definition) is 4. The van der Waals surface area contributed by atoms with Gasteiger partial charge >= 0.3 is 6.18 Å². The fraction of sp³-hybridized carbons (Fsp3) is 0.391. The van der Waals surface area contributed by atoms with E-state index in [-0.39, 0.29) is 23.6 Å². The Bertz CT molecular complexity index is 1200. The molecule has 6 nitrogen and oxygen atoms in total.